The SMILES string of the molecule is CCCC1CCC(CN)C(c2c(C)cc(C)cc2OC)C1. The monoisotopic (exact) mass is 289 g/mol. The lowest BCUT2D eigenvalue weighted by atomic mass is 9.69. The number of methoxy groups -OCH3 is 1. The maximum absolute atomic E-state index is 6.08. The van der Waals surface area contributed by atoms with Gasteiger partial charge in [-0.15, -0.1) is 0 Å². The van der Waals surface area contributed by atoms with E-state index < -0.39 is 0 Å². The quantitative estimate of drug-likeness (QED) is 0.861. The summed E-state index contributed by atoms with van der Waals surface area (Å²) >= 11 is 0. The van der Waals surface area contributed by atoms with E-state index in [-0.39, 0.29) is 0 Å². The zero-order chi connectivity index (χ0) is 15.4. The van der Waals surface area contributed by atoms with Crippen LogP contribution < -0.4 is 10.5 Å². The fourth-order valence-corrected chi connectivity index (χ4v) is 4.21. The summed E-state index contributed by atoms with van der Waals surface area (Å²) in [6.07, 6.45) is 6.52. The molecular weight excluding hydrogens is 258 g/mol. The molecule has 118 valence electrons. The summed E-state index contributed by atoms with van der Waals surface area (Å²) < 4.78 is 5.71. The molecule has 3 unspecified atom stereocenters. The molecule has 0 bridgehead atoms. The molecule has 0 spiro atoms. The van der Waals surface area contributed by atoms with Crippen molar-refractivity contribution in [3.8, 4) is 5.75 Å². The van der Waals surface area contributed by atoms with E-state index in [0.717, 1.165) is 18.2 Å². The smallest absolute Gasteiger partial charge is 0.122 e. The van der Waals surface area contributed by atoms with E-state index >= 15 is 0 Å². The van der Waals surface area contributed by atoms with Gasteiger partial charge >= 0.3 is 0 Å². The third-order valence-corrected chi connectivity index (χ3v) is 5.19. The highest BCUT2D eigenvalue weighted by Crippen LogP contribution is 2.45. The first-order chi connectivity index (χ1) is 10.1. The third-order valence-electron chi connectivity index (χ3n) is 5.19. The molecule has 0 aliphatic heterocycles. The fourth-order valence-electron chi connectivity index (χ4n) is 4.21. The van der Waals surface area contributed by atoms with Gasteiger partial charge in [0, 0.05) is 5.56 Å². The zero-order valence-corrected chi connectivity index (χ0v) is 14.1. The molecule has 0 aromatic heterocycles. The average molecular weight is 289 g/mol. The van der Waals surface area contributed by atoms with Crippen molar-refractivity contribution in [1.82, 2.24) is 0 Å². The van der Waals surface area contributed by atoms with E-state index in [4.69, 9.17) is 10.5 Å². The van der Waals surface area contributed by atoms with Crippen LogP contribution in [0.2, 0.25) is 0 Å². The first kappa shape index (κ1) is 16.4. The highest BCUT2D eigenvalue weighted by molar-refractivity contribution is 5.46. The largest absolute Gasteiger partial charge is 0.496 e. The van der Waals surface area contributed by atoms with Crippen LogP contribution in [0.4, 0.5) is 0 Å². The lowest BCUT2D eigenvalue weighted by Gasteiger charge is -2.37. The van der Waals surface area contributed by atoms with Gasteiger partial charge in [0.2, 0.25) is 0 Å². The van der Waals surface area contributed by atoms with Gasteiger partial charge in [-0.2, -0.15) is 0 Å². The van der Waals surface area contributed by atoms with Crippen LogP contribution in [0.25, 0.3) is 0 Å². The number of ether oxygens (including phenoxy) is 1. The Morgan fingerprint density at radius 3 is 2.62 bits per heavy atom. The lowest BCUT2D eigenvalue weighted by molar-refractivity contribution is 0.226. The van der Waals surface area contributed by atoms with Crippen molar-refractivity contribution in [3.05, 3.63) is 28.8 Å². The Balaban J connectivity index is 2.36. The predicted octanol–water partition coefficient (Wildman–Crippen LogP) is 4.57. The van der Waals surface area contributed by atoms with Crippen LogP contribution in [0.1, 0.15) is 61.6 Å². The van der Waals surface area contributed by atoms with Crippen LogP contribution in [0, 0.1) is 25.7 Å². The van der Waals surface area contributed by atoms with Crippen molar-refractivity contribution in [2.24, 2.45) is 17.6 Å². The minimum atomic E-state index is 0.566. The topological polar surface area (TPSA) is 35.2 Å². The van der Waals surface area contributed by atoms with Crippen molar-refractivity contribution >= 4 is 0 Å². The number of aryl methyl sites for hydroxylation is 2. The minimum absolute atomic E-state index is 0.566. The third kappa shape index (κ3) is 3.60. The lowest BCUT2D eigenvalue weighted by Crippen LogP contribution is -2.29. The molecule has 21 heavy (non-hydrogen) atoms. The Hall–Kier alpha value is -1.02. The number of hydrogen-bond acceptors (Lipinski definition) is 2. The fraction of sp³-hybridized carbons (Fsp3) is 0.684. The molecule has 1 aromatic rings. The van der Waals surface area contributed by atoms with E-state index in [2.05, 4.69) is 32.9 Å². The van der Waals surface area contributed by atoms with Crippen molar-refractivity contribution in [2.75, 3.05) is 13.7 Å². The highest BCUT2D eigenvalue weighted by Gasteiger charge is 2.33. The second kappa shape index (κ2) is 7.31. The van der Waals surface area contributed by atoms with Crippen LogP contribution in [-0.2, 0) is 0 Å². The summed E-state index contributed by atoms with van der Waals surface area (Å²) in [5, 5.41) is 0. The van der Waals surface area contributed by atoms with E-state index in [1.54, 1.807) is 7.11 Å². The Morgan fingerprint density at radius 2 is 2.00 bits per heavy atom. The Kier molecular flexibility index (Phi) is 5.69. The van der Waals surface area contributed by atoms with E-state index in [9.17, 15) is 0 Å². The molecule has 0 amide bonds. The summed E-state index contributed by atoms with van der Waals surface area (Å²) in [5.74, 6) is 3.09. The van der Waals surface area contributed by atoms with Gasteiger partial charge in [0.25, 0.3) is 0 Å². The number of nitrogens with two attached hydrogens (primary N) is 1. The Labute approximate surface area is 130 Å². The second-order valence-corrected chi connectivity index (χ2v) is 6.77. The maximum atomic E-state index is 6.08. The molecule has 1 fully saturated rings. The van der Waals surface area contributed by atoms with Gasteiger partial charge in [0.05, 0.1) is 7.11 Å². The van der Waals surface area contributed by atoms with Gasteiger partial charge in [-0.1, -0.05) is 32.3 Å². The zero-order valence-electron chi connectivity index (χ0n) is 14.1. The van der Waals surface area contributed by atoms with Crippen molar-refractivity contribution in [2.45, 2.75) is 58.8 Å². The summed E-state index contributed by atoms with van der Waals surface area (Å²) in [7, 11) is 1.79. The number of benzene rings is 1. The van der Waals surface area contributed by atoms with Gasteiger partial charge in [-0.05, 0) is 68.2 Å². The van der Waals surface area contributed by atoms with Crippen molar-refractivity contribution in [3.63, 3.8) is 0 Å². The van der Waals surface area contributed by atoms with Crippen LogP contribution >= 0.6 is 0 Å². The standard InChI is InChI=1S/C19H31NO/c1-5-6-15-7-8-16(12-20)17(11-15)19-14(3)9-13(2)10-18(19)21-4/h9-10,15-17H,5-8,11-12,20H2,1-4H3. The molecule has 2 heteroatoms. The molecule has 1 aliphatic carbocycles. The van der Waals surface area contributed by atoms with Crippen LogP contribution in [0.5, 0.6) is 5.75 Å². The normalized spacial score (nSPS) is 25.9. The first-order valence-electron chi connectivity index (χ1n) is 8.45. The number of rotatable bonds is 5. The summed E-state index contributed by atoms with van der Waals surface area (Å²) in [6.45, 7) is 7.45. The summed E-state index contributed by atoms with van der Waals surface area (Å²) in [5.41, 5.74) is 10.1. The van der Waals surface area contributed by atoms with Gasteiger partial charge < -0.3 is 10.5 Å². The summed E-state index contributed by atoms with van der Waals surface area (Å²) in [4.78, 5) is 0. The molecule has 2 N–H and O–H groups in total. The van der Waals surface area contributed by atoms with Gasteiger partial charge in [-0.25, -0.2) is 0 Å². The molecule has 0 heterocycles. The van der Waals surface area contributed by atoms with E-state index in [1.165, 1.54) is 48.8 Å². The maximum Gasteiger partial charge on any atom is 0.122 e. The van der Waals surface area contributed by atoms with Crippen LogP contribution in [-0.4, -0.2) is 13.7 Å². The molecule has 0 radical (unpaired) electrons. The Bertz CT molecular complexity index is 469. The van der Waals surface area contributed by atoms with Crippen molar-refractivity contribution < 1.29 is 4.74 Å². The van der Waals surface area contributed by atoms with Gasteiger partial charge in [0.15, 0.2) is 0 Å². The van der Waals surface area contributed by atoms with Crippen LogP contribution in [0.3, 0.4) is 0 Å². The van der Waals surface area contributed by atoms with Crippen molar-refractivity contribution in [1.29, 1.82) is 0 Å². The molecule has 2 rings (SSSR count). The second-order valence-electron chi connectivity index (χ2n) is 6.77. The first-order valence-corrected chi connectivity index (χ1v) is 8.45. The highest BCUT2D eigenvalue weighted by atomic mass is 16.5. The minimum Gasteiger partial charge on any atom is -0.496 e. The number of hydrogen-bond donors (Lipinski definition) is 1. The summed E-state index contributed by atoms with van der Waals surface area (Å²) in [6, 6.07) is 4.47. The van der Waals surface area contributed by atoms with Crippen LogP contribution in [0.15, 0.2) is 12.1 Å². The molecule has 1 aromatic carbocycles. The Morgan fingerprint density at radius 1 is 1.24 bits per heavy atom. The molecule has 0 saturated heterocycles. The average Bonchev–Trinajstić information content (AvgIpc) is 2.46. The van der Waals surface area contributed by atoms with E-state index in [1.807, 2.05) is 0 Å². The molecular formula is C19H31NO. The molecule has 2 nitrogen and oxygen atoms in total. The molecule has 1 saturated carbocycles. The van der Waals surface area contributed by atoms with E-state index in [0.29, 0.717) is 11.8 Å². The predicted molar refractivity (Wildman–Crippen MR) is 90.0 cm³/mol. The molecule has 3 atom stereocenters. The van der Waals surface area contributed by atoms with Gasteiger partial charge in [-0.3, -0.25) is 0 Å². The molecule has 1 aliphatic rings. The van der Waals surface area contributed by atoms with Gasteiger partial charge in [0.1, 0.15) is 5.75 Å².